The Morgan fingerprint density at radius 2 is 1.47 bits per heavy atom. The zero-order valence-corrected chi connectivity index (χ0v) is 20.9. The fourth-order valence-electron chi connectivity index (χ4n) is 5.01. The molecule has 0 radical (unpaired) electrons. The van der Waals surface area contributed by atoms with Crippen molar-refractivity contribution in [2.75, 3.05) is 46.4 Å². The molecule has 0 spiro atoms. The second kappa shape index (κ2) is 10.5. The number of nitrogens with zero attached hydrogens (tertiary/aromatic N) is 3. The molecule has 0 atom stereocenters. The molecule has 198 valence electrons. The Labute approximate surface area is 219 Å². The second-order valence-electron chi connectivity index (χ2n) is 9.55. The second-order valence-corrected chi connectivity index (χ2v) is 9.55. The van der Waals surface area contributed by atoms with E-state index in [4.69, 9.17) is 4.74 Å². The van der Waals surface area contributed by atoms with Crippen molar-refractivity contribution >= 4 is 11.8 Å². The Kier molecular flexibility index (Phi) is 7.12. The number of methoxy groups -OCH3 is 1. The predicted molar refractivity (Wildman–Crippen MR) is 137 cm³/mol. The molecule has 0 saturated carbocycles. The van der Waals surface area contributed by atoms with Crippen molar-refractivity contribution in [2.45, 2.75) is 12.2 Å². The molecule has 2 fully saturated rings. The van der Waals surface area contributed by atoms with E-state index in [9.17, 15) is 22.8 Å². The van der Waals surface area contributed by atoms with Gasteiger partial charge in [0.15, 0.2) is 0 Å². The number of alkyl halides is 3. The summed E-state index contributed by atoms with van der Waals surface area (Å²) < 4.78 is 44.9. The Balaban J connectivity index is 1.19. The van der Waals surface area contributed by atoms with Crippen LogP contribution in [0.5, 0.6) is 5.75 Å². The van der Waals surface area contributed by atoms with Gasteiger partial charge in [-0.05, 0) is 48.0 Å². The van der Waals surface area contributed by atoms with Crippen LogP contribution >= 0.6 is 0 Å². The number of amides is 2. The van der Waals surface area contributed by atoms with Crippen LogP contribution < -0.4 is 4.74 Å². The number of rotatable bonds is 5. The summed E-state index contributed by atoms with van der Waals surface area (Å²) in [6.07, 6.45) is -4.45. The number of benzene rings is 3. The van der Waals surface area contributed by atoms with Crippen LogP contribution in [0.1, 0.15) is 26.3 Å². The van der Waals surface area contributed by atoms with Gasteiger partial charge in [-0.3, -0.25) is 14.5 Å². The molecule has 0 N–H and O–H groups in total. The summed E-state index contributed by atoms with van der Waals surface area (Å²) in [4.78, 5) is 31.7. The van der Waals surface area contributed by atoms with Gasteiger partial charge in [0.05, 0.1) is 12.7 Å². The van der Waals surface area contributed by atoms with Gasteiger partial charge in [-0.15, -0.1) is 0 Å². The van der Waals surface area contributed by atoms with Crippen LogP contribution in [0.4, 0.5) is 13.2 Å². The van der Waals surface area contributed by atoms with Crippen LogP contribution in [0, 0.1) is 0 Å². The Morgan fingerprint density at radius 3 is 2.13 bits per heavy atom. The molecule has 0 unspecified atom stereocenters. The molecular weight excluding hydrogens is 495 g/mol. The fourth-order valence-corrected chi connectivity index (χ4v) is 5.01. The molecule has 2 aliphatic heterocycles. The van der Waals surface area contributed by atoms with E-state index in [0.717, 1.165) is 25.2 Å². The van der Waals surface area contributed by atoms with E-state index in [0.29, 0.717) is 54.2 Å². The monoisotopic (exact) mass is 523 g/mol. The molecular formula is C29H28F3N3O3. The molecule has 6 nitrogen and oxygen atoms in total. The highest BCUT2D eigenvalue weighted by molar-refractivity contribution is 5.96. The topological polar surface area (TPSA) is 53.1 Å². The van der Waals surface area contributed by atoms with Crippen LogP contribution in [0.2, 0.25) is 0 Å². The molecule has 3 aromatic rings. The van der Waals surface area contributed by atoms with E-state index in [-0.39, 0.29) is 17.9 Å². The third-order valence-corrected chi connectivity index (χ3v) is 7.24. The van der Waals surface area contributed by atoms with E-state index < -0.39 is 11.7 Å². The Morgan fingerprint density at radius 1 is 0.789 bits per heavy atom. The third-order valence-electron chi connectivity index (χ3n) is 7.24. The van der Waals surface area contributed by atoms with Gasteiger partial charge in [0.2, 0.25) is 0 Å². The average molecular weight is 524 g/mol. The Bertz CT molecular complexity index is 1320. The number of halogens is 3. The summed E-state index contributed by atoms with van der Waals surface area (Å²) in [5.41, 5.74) is 1.23. The molecule has 38 heavy (non-hydrogen) atoms. The van der Waals surface area contributed by atoms with Crippen molar-refractivity contribution in [3.63, 3.8) is 0 Å². The predicted octanol–water partition coefficient (Wildman–Crippen LogP) is 4.66. The van der Waals surface area contributed by atoms with Crippen LogP contribution in [0.15, 0.2) is 72.8 Å². The van der Waals surface area contributed by atoms with E-state index in [2.05, 4.69) is 4.90 Å². The van der Waals surface area contributed by atoms with Crippen LogP contribution in [-0.2, 0) is 6.18 Å². The van der Waals surface area contributed by atoms with Gasteiger partial charge in [-0.2, -0.15) is 13.2 Å². The van der Waals surface area contributed by atoms with Crippen molar-refractivity contribution in [1.29, 1.82) is 0 Å². The number of likely N-dealkylation sites (tertiary alicyclic amines) is 1. The number of ether oxygens (including phenoxy) is 1. The van der Waals surface area contributed by atoms with Crippen molar-refractivity contribution in [3.05, 3.63) is 89.5 Å². The van der Waals surface area contributed by atoms with Crippen molar-refractivity contribution < 1.29 is 27.5 Å². The molecule has 0 bridgehead atoms. The minimum absolute atomic E-state index is 0.0400. The van der Waals surface area contributed by atoms with Gasteiger partial charge in [0.1, 0.15) is 5.75 Å². The molecule has 2 aliphatic rings. The fraction of sp³-hybridized carbons (Fsp3) is 0.310. The van der Waals surface area contributed by atoms with Crippen molar-refractivity contribution in [1.82, 2.24) is 14.7 Å². The summed E-state index contributed by atoms with van der Waals surface area (Å²) in [5, 5.41) is 0. The van der Waals surface area contributed by atoms with E-state index in [1.807, 2.05) is 35.2 Å². The van der Waals surface area contributed by atoms with Crippen molar-refractivity contribution in [3.8, 4) is 16.9 Å². The van der Waals surface area contributed by atoms with E-state index >= 15 is 0 Å². The number of carbonyl (C=O) groups is 2. The molecule has 0 aromatic heterocycles. The highest BCUT2D eigenvalue weighted by Crippen LogP contribution is 2.36. The summed E-state index contributed by atoms with van der Waals surface area (Å²) in [5.74, 6) is 0.234. The average Bonchev–Trinajstić information content (AvgIpc) is 2.92. The van der Waals surface area contributed by atoms with Gasteiger partial charge >= 0.3 is 6.18 Å². The maximum Gasteiger partial charge on any atom is 0.416 e. The number of piperazine rings is 1. The first kappa shape index (κ1) is 25.8. The maximum atomic E-state index is 13.2. The van der Waals surface area contributed by atoms with E-state index in [1.165, 1.54) is 13.2 Å². The van der Waals surface area contributed by atoms with Crippen LogP contribution in [0.25, 0.3) is 11.1 Å². The molecule has 2 saturated heterocycles. The number of hydrogen-bond donors (Lipinski definition) is 0. The molecule has 3 aromatic carbocycles. The van der Waals surface area contributed by atoms with Gasteiger partial charge in [0, 0.05) is 62.0 Å². The molecule has 2 amide bonds. The first-order valence-electron chi connectivity index (χ1n) is 12.5. The highest BCUT2D eigenvalue weighted by Gasteiger charge is 2.37. The lowest BCUT2D eigenvalue weighted by Gasteiger charge is -2.48. The van der Waals surface area contributed by atoms with Crippen LogP contribution in [0.3, 0.4) is 0 Å². The largest absolute Gasteiger partial charge is 0.496 e. The van der Waals surface area contributed by atoms with Gasteiger partial charge in [0.25, 0.3) is 11.8 Å². The third kappa shape index (κ3) is 5.24. The minimum atomic E-state index is -4.45. The lowest BCUT2D eigenvalue weighted by molar-refractivity contribution is -0.137. The number of hydrogen-bond acceptors (Lipinski definition) is 4. The summed E-state index contributed by atoms with van der Waals surface area (Å²) in [6.45, 7) is 3.97. The maximum absolute atomic E-state index is 13.2. The minimum Gasteiger partial charge on any atom is -0.496 e. The molecule has 0 aliphatic carbocycles. The van der Waals surface area contributed by atoms with E-state index in [1.54, 1.807) is 29.2 Å². The quantitative estimate of drug-likeness (QED) is 0.488. The smallest absolute Gasteiger partial charge is 0.416 e. The lowest BCUT2D eigenvalue weighted by atomic mass is 9.99. The first-order chi connectivity index (χ1) is 18.2. The lowest BCUT2D eigenvalue weighted by Crippen LogP contribution is -2.64. The highest BCUT2D eigenvalue weighted by atomic mass is 19.4. The SMILES string of the molecule is COc1cc(C(=O)N2CC(N3CCN(C(=O)c4ccccc4)CC3)C2)ccc1-c1cccc(C(F)(F)F)c1. The summed E-state index contributed by atoms with van der Waals surface area (Å²) in [7, 11) is 1.43. The number of carbonyl (C=O) groups excluding carboxylic acids is 2. The zero-order valence-electron chi connectivity index (χ0n) is 20.9. The van der Waals surface area contributed by atoms with Crippen LogP contribution in [-0.4, -0.2) is 78.9 Å². The molecule has 9 heteroatoms. The van der Waals surface area contributed by atoms with Gasteiger partial charge in [-0.25, -0.2) is 0 Å². The standard InChI is InChI=1S/C29H28F3N3O3/c1-38-26-17-22(10-11-25(26)21-8-5-9-23(16-21)29(30,31)32)28(37)35-18-24(19-35)33-12-14-34(15-13-33)27(36)20-6-3-2-4-7-20/h2-11,16-17,24H,12-15,18-19H2,1H3. The van der Waals surface area contributed by atoms with Gasteiger partial charge < -0.3 is 14.5 Å². The molecule has 5 rings (SSSR count). The first-order valence-corrected chi connectivity index (χ1v) is 12.5. The summed E-state index contributed by atoms with van der Waals surface area (Å²) >= 11 is 0. The summed E-state index contributed by atoms with van der Waals surface area (Å²) in [6, 6.07) is 19.4. The Hall–Kier alpha value is -3.85. The van der Waals surface area contributed by atoms with Crippen molar-refractivity contribution in [2.24, 2.45) is 0 Å². The zero-order chi connectivity index (χ0) is 26.9. The normalized spacial score (nSPS) is 16.7. The molecule has 2 heterocycles. The van der Waals surface area contributed by atoms with Gasteiger partial charge in [-0.1, -0.05) is 30.3 Å².